The van der Waals surface area contributed by atoms with E-state index in [2.05, 4.69) is 34.0 Å². The van der Waals surface area contributed by atoms with Crippen LogP contribution in [-0.4, -0.2) is 41.0 Å². The Bertz CT molecular complexity index is 539. The first kappa shape index (κ1) is 15.5. The molecule has 20 heavy (non-hydrogen) atoms. The van der Waals surface area contributed by atoms with Crippen LogP contribution in [0.2, 0.25) is 5.15 Å². The Labute approximate surface area is 129 Å². The van der Waals surface area contributed by atoms with E-state index < -0.39 is 0 Å². The van der Waals surface area contributed by atoms with Crippen LogP contribution < -0.4 is 5.32 Å². The van der Waals surface area contributed by atoms with E-state index in [4.69, 9.17) is 11.6 Å². The van der Waals surface area contributed by atoms with Gasteiger partial charge in [-0.2, -0.15) is 0 Å². The van der Waals surface area contributed by atoms with Crippen molar-refractivity contribution in [1.82, 2.24) is 14.9 Å². The summed E-state index contributed by atoms with van der Waals surface area (Å²) in [6.07, 6.45) is 2.30. The molecule has 1 N–H and O–H groups in total. The third-order valence-corrected chi connectivity index (χ3v) is 4.45. The Morgan fingerprint density at radius 2 is 2.05 bits per heavy atom. The van der Waals surface area contributed by atoms with Gasteiger partial charge < -0.3 is 10.2 Å². The van der Waals surface area contributed by atoms with E-state index >= 15 is 0 Å². The summed E-state index contributed by atoms with van der Waals surface area (Å²) in [5, 5.41) is 6.71. The van der Waals surface area contributed by atoms with Crippen molar-refractivity contribution in [3.05, 3.63) is 16.6 Å². The minimum Gasteiger partial charge on any atom is -0.354 e. The number of hydrogen-bond acceptors (Lipinski definition) is 5. The summed E-state index contributed by atoms with van der Waals surface area (Å²) in [6, 6.07) is 1.95. The third-order valence-electron chi connectivity index (χ3n) is 3.36. The molecule has 0 spiro atoms. The van der Waals surface area contributed by atoms with Crippen molar-refractivity contribution in [2.75, 3.05) is 31.5 Å². The zero-order valence-corrected chi connectivity index (χ0v) is 13.6. The highest BCUT2D eigenvalue weighted by molar-refractivity contribution is 7.16. The molecular weight excluding hydrogens is 292 g/mol. The summed E-state index contributed by atoms with van der Waals surface area (Å²) in [4.78, 5) is 12.1. The Hall–Kier alpha value is -0.910. The molecule has 0 unspecified atom stereocenters. The van der Waals surface area contributed by atoms with Gasteiger partial charge in [-0.3, -0.25) is 0 Å². The molecule has 0 radical (unpaired) electrons. The van der Waals surface area contributed by atoms with E-state index in [0.717, 1.165) is 42.8 Å². The fraction of sp³-hybridized carbons (Fsp3) is 0.571. The van der Waals surface area contributed by atoms with Crippen molar-refractivity contribution < 1.29 is 0 Å². The van der Waals surface area contributed by atoms with Crippen molar-refractivity contribution >= 4 is 39.1 Å². The first-order valence-corrected chi connectivity index (χ1v) is 8.37. The van der Waals surface area contributed by atoms with Crippen molar-refractivity contribution in [2.45, 2.75) is 26.7 Å². The quantitative estimate of drug-likeness (QED) is 0.593. The van der Waals surface area contributed by atoms with Crippen LogP contribution in [0, 0.1) is 0 Å². The molecule has 6 heteroatoms. The first-order chi connectivity index (χ1) is 9.74. The zero-order chi connectivity index (χ0) is 14.4. The molecule has 110 valence electrons. The number of rotatable bonds is 8. The predicted octanol–water partition coefficient (Wildman–Crippen LogP) is 3.88. The molecule has 0 aliphatic carbocycles. The highest BCUT2D eigenvalue weighted by atomic mass is 35.5. The van der Waals surface area contributed by atoms with Crippen molar-refractivity contribution in [3.8, 4) is 0 Å². The van der Waals surface area contributed by atoms with Gasteiger partial charge in [0.2, 0.25) is 5.95 Å². The van der Waals surface area contributed by atoms with Gasteiger partial charge in [-0.1, -0.05) is 25.4 Å². The highest BCUT2D eigenvalue weighted by Crippen LogP contribution is 2.25. The van der Waals surface area contributed by atoms with Crippen LogP contribution >= 0.6 is 22.9 Å². The number of fused-ring (bicyclic) bond motifs is 1. The van der Waals surface area contributed by atoms with Crippen LogP contribution in [0.1, 0.15) is 26.7 Å². The second-order valence-corrected chi connectivity index (χ2v) is 5.89. The summed E-state index contributed by atoms with van der Waals surface area (Å²) in [7, 11) is 0. The van der Waals surface area contributed by atoms with E-state index in [1.54, 1.807) is 11.3 Å². The molecule has 0 amide bonds. The van der Waals surface area contributed by atoms with Crippen LogP contribution in [0.5, 0.6) is 0 Å². The molecule has 0 saturated heterocycles. The first-order valence-electron chi connectivity index (χ1n) is 7.11. The summed E-state index contributed by atoms with van der Waals surface area (Å²) in [6.45, 7) is 8.69. The number of thiophene rings is 1. The molecule has 2 heterocycles. The lowest BCUT2D eigenvalue weighted by Gasteiger charge is -2.17. The van der Waals surface area contributed by atoms with Gasteiger partial charge in [-0.25, -0.2) is 9.97 Å². The Morgan fingerprint density at radius 3 is 2.80 bits per heavy atom. The molecule has 0 bridgehead atoms. The van der Waals surface area contributed by atoms with E-state index in [0.29, 0.717) is 11.1 Å². The number of aromatic nitrogens is 2. The smallest absolute Gasteiger partial charge is 0.225 e. The molecule has 0 aliphatic rings. The van der Waals surface area contributed by atoms with Gasteiger partial charge in [-0.05, 0) is 43.9 Å². The van der Waals surface area contributed by atoms with Gasteiger partial charge in [0.25, 0.3) is 0 Å². The average molecular weight is 313 g/mol. The normalized spacial score (nSPS) is 11.4. The maximum Gasteiger partial charge on any atom is 0.225 e. The van der Waals surface area contributed by atoms with Crippen molar-refractivity contribution in [3.63, 3.8) is 0 Å². The second-order valence-electron chi connectivity index (χ2n) is 4.64. The minimum absolute atomic E-state index is 0.530. The summed E-state index contributed by atoms with van der Waals surface area (Å²) in [5.41, 5.74) is 0. The van der Waals surface area contributed by atoms with Gasteiger partial charge in [-0.15, -0.1) is 11.3 Å². The fourth-order valence-electron chi connectivity index (χ4n) is 2.10. The van der Waals surface area contributed by atoms with E-state index in [9.17, 15) is 0 Å². The molecule has 0 fully saturated rings. The Balaban J connectivity index is 1.78. The average Bonchev–Trinajstić information content (AvgIpc) is 2.92. The monoisotopic (exact) mass is 312 g/mol. The van der Waals surface area contributed by atoms with Crippen LogP contribution in [0.15, 0.2) is 11.4 Å². The van der Waals surface area contributed by atoms with Crippen molar-refractivity contribution in [1.29, 1.82) is 0 Å². The number of unbranched alkanes of at least 4 members (excludes halogenated alkanes) is 1. The Kier molecular flexibility index (Phi) is 6.01. The highest BCUT2D eigenvalue weighted by Gasteiger charge is 2.06. The lowest BCUT2D eigenvalue weighted by Crippen LogP contribution is -2.24. The van der Waals surface area contributed by atoms with Gasteiger partial charge in [0.05, 0.1) is 0 Å². The number of hydrogen-bond donors (Lipinski definition) is 1. The number of nitrogens with zero attached hydrogens (tertiary/aromatic N) is 3. The summed E-state index contributed by atoms with van der Waals surface area (Å²) < 4.78 is 0. The zero-order valence-electron chi connectivity index (χ0n) is 12.0. The molecule has 0 saturated carbocycles. The Morgan fingerprint density at radius 1 is 1.25 bits per heavy atom. The van der Waals surface area contributed by atoms with E-state index in [1.807, 2.05) is 11.4 Å². The molecule has 4 nitrogen and oxygen atoms in total. The molecule has 0 aliphatic heterocycles. The van der Waals surface area contributed by atoms with E-state index in [-0.39, 0.29) is 0 Å². The van der Waals surface area contributed by atoms with Crippen LogP contribution in [0.3, 0.4) is 0 Å². The molecular formula is C14H21ClN4S. The molecule has 2 rings (SSSR count). The van der Waals surface area contributed by atoms with Gasteiger partial charge in [0, 0.05) is 11.9 Å². The third kappa shape index (κ3) is 4.04. The topological polar surface area (TPSA) is 41.0 Å². The van der Waals surface area contributed by atoms with Gasteiger partial charge >= 0.3 is 0 Å². The van der Waals surface area contributed by atoms with Crippen LogP contribution in [0.25, 0.3) is 10.2 Å². The number of nitrogens with one attached hydrogen (secondary N) is 1. The number of anilines is 1. The predicted molar refractivity (Wildman–Crippen MR) is 87.9 cm³/mol. The second kappa shape index (κ2) is 7.76. The largest absolute Gasteiger partial charge is 0.354 e. The van der Waals surface area contributed by atoms with E-state index in [1.165, 1.54) is 6.42 Å². The van der Waals surface area contributed by atoms with Gasteiger partial charge in [0.1, 0.15) is 9.98 Å². The lowest BCUT2D eigenvalue weighted by atomic mass is 10.3. The number of halogens is 1. The minimum atomic E-state index is 0.530. The van der Waals surface area contributed by atoms with Gasteiger partial charge in [0.15, 0.2) is 0 Å². The molecule has 0 atom stereocenters. The standard InChI is InChI=1S/C14H21ClN4S/c1-3-19(4-2)9-6-5-8-16-14-17-12(15)11-7-10-20-13(11)18-14/h7,10H,3-6,8-9H2,1-2H3,(H,16,17,18). The van der Waals surface area contributed by atoms with Crippen LogP contribution in [-0.2, 0) is 0 Å². The molecule has 2 aromatic heterocycles. The molecule has 0 aromatic carbocycles. The fourth-order valence-corrected chi connectivity index (χ4v) is 3.15. The molecule has 2 aromatic rings. The SMILES string of the molecule is CCN(CC)CCCCNc1nc(Cl)c2ccsc2n1. The maximum atomic E-state index is 6.13. The maximum absolute atomic E-state index is 6.13. The van der Waals surface area contributed by atoms with Crippen LogP contribution in [0.4, 0.5) is 5.95 Å². The van der Waals surface area contributed by atoms with Crippen molar-refractivity contribution in [2.24, 2.45) is 0 Å². The lowest BCUT2D eigenvalue weighted by molar-refractivity contribution is 0.298. The summed E-state index contributed by atoms with van der Waals surface area (Å²) >= 11 is 7.72. The summed E-state index contributed by atoms with van der Waals surface area (Å²) in [5.74, 6) is 0.632.